The summed E-state index contributed by atoms with van der Waals surface area (Å²) in [6.07, 6.45) is 2.60. The van der Waals surface area contributed by atoms with Gasteiger partial charge >= 0.3 is 0 Å². The molecule has 1 N–H and O–H groups in total. The van der Waals surface area contributed by atoms with Crippen LogP contribution in [0.15, 0.2) is 21.1 Å². The molecule has 1 aromatic carbocycles. The number of hydrogen-bond acceptors (Lipinski definition) is 2. The van der Waals surface area contributed by atoms with Crippen LogP contribution in [0.4, 0.5) is 5.69 Å². The fraction of sp³-hybridized carbons (Fsp3) is 0.538. The van der Waals surface area contributed by atoms with Gasteiger partial charge in [0.2, 0.25) is 0 Å². The van der Waals surface area contributed by atoms with Crippen molar-refractivity contribution in [1.82, 2.24) is 4.90 Å². The molecule has 1 aliphatic rings. The van der Waals surface area contributed by atoms with Gasteiger partial charge in [-0.1, -0.05) is 11.6 Å². The average Bonchev–Trinajstić information content (AvgIpc) is 2.27. The lowest BCUT2D eigenvalue weighted by Gasteiger charge is -2.30. The highest BCUT2D eigenvalue weighted by atomic mass is 79.9. The van der Waals surface area contributed by atoms with Crippen LogP contribution in [0, 0.1) is 5.92 Å². The van der Waals surface area contributed by atoms with Gasteiger partial charge in [0.15, 0.2) is 0 Å². The molecule has 0 saturated carbocycles. The van der Waals surface area contributed by atoms with E-state index in [4.69, 9.17) is 11.6 Å². The summed E-state index contributed by atoms with van der Waals surface area (Å²) in [5.74, 6) is 0.721. The molecule has 0 aliphatic carbocycles. The molecule has 1 aliphatic heterocycles. The highest BCUT2D eigenvalue weighted by Crippen LogP contribution is 2.34. The second kappa shape index (κ2) is 6.60. The molecule has 1 unspecified atom stereocenters. The van der Waals surface area contributed by atoms with E-state index in [2.05, 4.69) is 49.1 Å². The Morgan fingerprint density at radius 1 is 1.39 bits per heavy atom. The van der Waals surface area contributed by atoms with Crippen LogP contribution in [0.5, 0.6) is 0 Å². The van der Waals surface area contributed by atoms with Gasteiger partial charge in [0.25, 0.3) is 0 Å². The zero-order chi connectivity index (χ0) is 13.1. The predicted molar refractivity (Wildman–Crippen MR) is 85.6 cm³/mol. The van der Waals surface area contributed by atoms with Crippen molar-refractivity contribution < 1.29 is 0 Å². The molecule has 2 nitrogen and oxygen atoms in total. The number of rotatable bonds is 3. The normalized spacial score (nSPS) is 21.0. The van der Waals surface area contributed by atoms with Crippen molar-refractivity contribution >= 4 is 49.1 Å². The number of hydrogen-bond donors (Lipinski definition) is 1. The van der Waals surface area contributed by atoms with Crippen LogP contribution in [0.1, 0.15) is 12.8 Å². The van der Waals surface area contributed by atoms with Crippen LogP contribution in [0.2, 0.25) is 5.02 Å². The fourth-order valence-corrected chi connectivity index (χ4v) is 4.35. The second-order valence-electron chi connectivity index (χ2n) is 4.90. The Balaban J connectivity index is 1.97. The van der Waals surface area contributed by atoms with Crippen molar-refractivity contribution in [3.63, 3.8) is 0 Å². The summed E-state index contributed by atoms with van der Waals surface area (Å²) >= 11 is 13.1. The van der Waals surface area contributed by atoms with Crippen LogP contribution in [0.3, 0.4) is 0 Å². The molecule has 0 aromatic heterocycles. The van der Waals surface area contributed by atoms with Crippen molar-refractivity contribution in [2.75, 3.05) is 32.0 Å². The molecule has 1 atom stereocenters. The lowest BCUT2D eigenvalue weighted by molar-refractivity contribution is 0.217. The standard InChI is InChI=1S/C13H17Br2ClN2/c1-18-4-2-3-9(8-18)7-17-13-11(14)5-10(16)6-12(13)15/h5-6,9,17H,2-4,7-8H2,1H3. The van der Waals surface area contributed by atoms with Crippen LogP contribution >= 0.6 is 43.5 Å². The average molecular weight is 397 g/mol. The van der Waals surface area contributed by atoms with E-state index in [0.717, 1.165) is 32.1 Å². The largest absolute Gasteiger partial charge is 0.383 e. The molecular weight excluding hydrogens is 379 g/mol. The molecule has 0 spiro atoms. The highest BCUT2D eigenvalue weighted by Gasteiger charge is 2.17. The van der Waals surface area contributed by atoms with Crippen LogP contribution in [-0.4, -0.2) is 31.6 Å². The third-order valence-corrected chi connectivity index (χ3v) is 4.77. The summed E-state index contributed by atoms with van der Waals surface area (Å²) in [7, 11) is 2.19. The molecular formula is C13H17Br2ClN2. The summed E-state index contributed by atoms with van der Waals surface area (Å²) in [6.45, 7) is 3.41. The summed E-state index contributed by atoms with van der Waals surface area (Å²) in [5, 5.41) is 4.25. The Morgan fingerprint density at radius 3 is 2.67 bits per heavy atom. The fourth-order valence-electron chi connectivity index (χ4n) is 2.40. The zero-order valence-corrected chi connectivity index (χ0v) is 14.3. The Hall–Kier alpha value is 0.230. The van der Waals surface area contributed by atoms with Crippen molar-refractivity contribution in [3.8, 4) is 0 Å². The molecule has 1 aromatic rings. The first-order chi connectivity index (χ1) is 8.56. The summed E-state index contributed by atoms with van der Waals surface area (Å²) in [5.41, 5.74) is 1.09. The Kier molecular flexibility index (Phi) is 5.36. The van der Waals surface area contributed by atoms with Crippen LogP contribution in [0.25, 0.3) is 0 Å². The maximum atomic E-state index is 6.00. The van der Waals surface area contributed by atoms with Gasteiger partial charge in [-0.3, -0.25) is 0 Å². The molecule has 5 heteroatoms. The molecule has 1 saturated heterocycles. The minimum Gasteiger partial charge on any atom is -0.383 e. The van der Waals surface area contributed by atoms with Gasteiger partial charge in [0.05, 0.1) is 5.69 Å². The van der Waals surface area contributed by atoms with E-state index >= 15 is 0 Å². The maximum absolute atomic E-state index is 6.00. The third-order valence-electron chi connectivity index (χ3n) is 3.30. The number of halogens is 3. The Bertz CT molecular complexity index is 402. The van der Waals surface area contributed by atoms with E-state index in [0.29, 0.717) is 0 Å². The Labute approximate surface area is 130 Å². The van der Waals surface area contributed by atoms with Crippen LogP contribution < -0.4 is 5.32 Å². The minimum atomic E-state index is 0.721. The number of likely N-dealkylation sites (tertiary alicyclic amines) is 1. The van der Waals surface area contributed by atoms with E-state index in [1.165, 1.54) is 25.9 Å². The number of piperidine rings is 1. The van der Waals surface area contributed by atoms with Gasteiger partial charge in [-0.25, -0.2) is 0 Å². The molecule has 0 bridgehead atoms. The monoisotopic (exact) mass is 394 g/mol. The van der Waals surface area contributed by atoms with E-state index in [9.17, 15) is 0 Å². The predicted octanol–water partition coefficient (Wildman–Crippen LogP) is 4.62. The van der Waals surface area contributed by atoms with Gasteiger partial charge in [-0.05, 0) is 76.3 Å². The number of nitrogens with zero attached hydrogens (tertiary/aromatic N) is 1. The maximum Gasteiger partial charge on any atom is 0.0630 e. The van der Waals surface area contributed by atoms with Crippen molar-refractivity contribution in [2.45, 2.75) is 12.8 Å². The summed E-state index contributed by atoms with van der Waals surface area (Å²) in [6, 6.07) is 3.84. The van der Waals surface area contributed by atoms with Gasteiger partial charge < -0.3 is 10.2 Å². The first-order valence-electron chi connectivity index (χ1n) is 6.13. The summed E-state index contributed by atoms with van der Waals surface area (Å²) < 4.78 is 2.01. The third kappa shape index (κ3) is 3.86. The second-order valence-corrected chi connectivity index (χ2v) is 7.04. The highest BCUT2D eigenvalue weighted by molar-refractivity contribution is 9.11. The van der Waals surface area contributed by atoms with E-state index in [1.54, 1.807) is 0 Å². The molecule has 0 amide bonds. The SMILES string of the molecule is CN1CCCC(CNc2c(Br)cc(Cl)cc2Br)C1. The van der Waals surface area contributed by atoms with Gasteiger partial charge in [-0.2, -0.15) is 0 Å². The molecule has 0 radical (unpaired) electrons. The smallest absolute Gasteiger partial charge is 0.0630 e. The lowest BCUT2D eigenvalue weighted by atomic mass is 9.98. The quantitative estimate of drug-likeness (QED) is 0.802. The number of anilines is 1. The molecule has 100 valence electrons. The van der Waals surface area contributed by atoms with E-state index in [-0.39, 0.29) is 0 Å². The first-order valence-corrected chi connectivity index (χ1v) is 8.09. The van der Waals surface area contributed by atoms with Gasteiger partial charge in [-0.15, -0.1) is 0 Å². The van der Waals surface area contributed by atoms with E-state index in [1.807, 2.05) is 12.1 Å². The van der Waals surface area contributed by atoms with Gasteiger partial charge in [0, 0.05) is 27.1 Å². The zero-order valence-electron chi connectivity index (χ0n) is 10.3. The number of benzene rings is 1. The van der Waals surface area contributed by atoms with Crippen LogP contribution in [-0.2, 0) is 0 Å². The first kappa shape index (κ1) is 14.6. The topological polar surface area (TPSA) is 15.3 Å². The van der Waals surface area contributed by atoms with Crippen molar-refractivity contribution in [3.05, 3.63) is 26.1 Å². The molecule has 1 fully saturated rings. The van der Waals surface area contributed by atoms with E-state index < -0.39 is 0 Å². The molecule has 18 heavy (non-hydrogen) atoms. The van der Waals surface area contributed by atoms with Crippen molar-refractivity contribution in [1.29, 1.82) is 0 Å². The summed E-state index contributed by atoms with van der Waals surface area (Å²) in [4.78, 5) is 2.40. The lowest BCUT2D eigenvalue weighted by Crippen LogP contribution is -2.35. The Morgan fingerprint density at radius 2 is 2.06 bits per heavy atom. The molecule has 1 heterocycles. The van der Waals surface area contributed by atoms with Gasteiger partial charge in [0.1, 0.15) is 0 Å². The molecule has 2 rings (SSSR count). The van der Waals surface area contributed by atoms with Crippen molar-refractivity contribution in [2.24, 2.45) is 5.92 Å². The number of nitrogens with one attached hydrogen (secondary N) is 1. The minimum absolute atomic E-state index is 0.721.